The lowest BCUT2D eigenvalue weighted by atomic mass is 10.2. The number of ether oxygens (including phenoxy) is 3. The number of hydrogen-bond donors (Lipinski definition) is 2. The number of para-hydroxylation sites is 1. The van der Waals surface area contributed by atoms with Crippen molar-refractivity contribution in [2.24, 2.45) is 0 Å². The molecule has 5 heterocycles. The predicted octanol–water partition coefficient (Wildman–Crippen LogP) is 0.993. The summed E-state index contributed by atoms with van der Waals surface area (Å²) in [7, 11) is 0. The Kier molecular flexibility index (Phi) is 6.90. The highest BCUT2D eigenvalue weighted by atomic mass is 16.5. The van der Waals surface area contributed by atoms with E-state index in [0.29, 0.717) is 23.8 Å². The molecule has 13 heteroatoms. The summed E-state index contributed by atoms with van der Waals surface area (Å²) >= 11 is 0. The van der Waals surface area contributed by atoms with Crippen molar-refractivity contribution in [1.82, 2.24) is 40.2 Å². The Balaban J connectivity index is 1.13. The molecule has 0 unspecified atom stereocenters. The second kappa shape index (κ2) is 10.8. The molecule has 39 heavy (non-hydrogen) atoms. The van der Waals surface area contributed by atoms with E-state index >= 15 is 0 Å². The summed E-state index contributed by atoms with van der Waals surface area (Å²) in [5, 5.41) is 11.2. The van der Waals surface area contributed by atoms with Crippen LogP contribution in [0.5, 0.6) is 5.75 Å². The number of H-pyrrole nitrogens is 1. The van der Waals surface area contributed by atoms with Gasteiger partial charge in [-0.15, -0.1) is 5.10 Å². The van der Waals surface area contributed by atoms with Gasteiger partial charge in [0, 0.05) is 19.3 Å². The maximum Gasteiger partial charge on any atom is 0.274 e. The maximum absolute atomic E-state index is 13.2. The Bertz CT molecular complexity index is 1500. The second-order valence-electron chi connectivity index (χ2n) is 9.55. The number of amides is 2. The van der Waals surface area contributed by atoms with Gasteiger partial charge in [-0.2, -0.15) is 0 Å². The lowest BCUT2D eigenvalue weighted by Gasteiger charge is -2.20. The number of likely N-dealkylation sites (tertiary alicyclic amines) is 1. The fraction of sp³-hybridized carbons (Fsp3) is 0.385. The molecule has 2 aliphatic rings. The molecule has 4 aromatic rings. The number of imidazole rings is 1. The molecule has 1 saturated heterocycles. The zero-order chi connectivity index (χ0) is 26.8. The van der Waals surface area contributed by atoms with E-state index in [-0.39, 0.29) is 51.1 Å². The summed E-state index contributed by atoms with van der Waals surface area (Å²) in [6.07, 6.45) is 2.86. The van der Waals surface area contributed by atoms with Crippen molar-refractivity contribution in [1.29, 1.82) is 0 Å². The fourth-order valence-corrected chi connectivity index (χ4v) is 4.78. The number of aryl methyl sites for hydroxylation is 1. The zero-order valence-electron chi connectivity index (χ0n) is 21.4. The monoisotopic (exact) mass is 532 g/mol. The number of aromatic nitrogens is 6. The standard InChI is InChI=1S/C26H28N8O5/c1-16-4-2-5-18-24(16)30-22(28-18)14-37-15-23(35)33-11-19-21(12-33)39-13-17-10-34(32-31-17)8-9-38-20-6-3-7-27-25(20)26(36)29-19/h2-7,10,19,21H,8-9,11-15H2,1H3,(H,28,30)(H,29,36)/t19-,21-/m0/s1. The Morgan fingerprint density at radius 1 is 1.23 bits per heavy atom. The van der Waals surface area contributed by atoms with Gasteiger partial charge >= 0.3 is 0 Å². The van der Waals surface area contributed by atoms with Crippen molar-refractivity contribution in [2.45, 2.75) is 38.8 Å². The van der Waals surface area contributed by atoms with Crippen LogP contribution in [0, 0.1) is 6.92 Å². The molecule has 0 spiro atoms. The van der Waals surface area contributed by atoms with Crippen molar-refractivity contribution < 1.29 is 23.8 Å². The summed E-state index contributed by atoms with van der Waals surface area (Å²) in [4.78, 5) is 39.8. The molecular formula is C26H28N8O5. The van der Waals surface area contributed by atoms with Crippen LogP contribution in [-0.2, 0) is 34.0 Å². The average molecular weight is 533 g/mol. The summed E-state index contributed by atoms with van der Waals surface area (Å²) < 4.78 is 19.3. The molecule has 2 bridgehead atoms. The minimum Gasteiger partial charge on any atom is -0.489 e. The van der Waals surface area contributed by atoms with E-state index in [4.69, 9.17) is 14.2 Å². The number of fused-ring (bicyclic) bond motifs is 5. The van der Waals surface area contributed by atoms with Crippen molar-refractivity contribution in [2.75, 3.05) is 26.3 Å². The molecule has 2 aliphatic heterocycles. The number of carbonyl (C=O) groups is 2. The van der Waals surface area contributed by atoms with Crippen LogP contribution in [0.25, 0.3) is 11.0 Å². The molecule has 1 fully saturated rings. The van der Waals surface area contributed by atoms with Crippen LogP contribution in [-0.4, -0.2) is 85.1 Å². The number of hydrogen-bond acceptors (Lipinski definition) is 9. The third-order valence-corrected chi connectivity index (χ3v) is 6.76. The highest BCUT2D eigenvalue weighted by molar-refractivity contribution is 5.95. The first-order valence-electron chi connectivity index (χ1n) is 12.7. The van der Waals surface area contributed by atoms with E-state index in [1.54, 1.807) is 27.9 Å². The molecule has 0 saturated carbocycles. The van der Waals surface area contributed by atoms with E-state index in [9.17, 15) is 9.59 Å². The normalized spacial score (nSPS) is 19.6. The highest BCUT2D eigenvalue weighted by Crippen LogP contribution is 2.20. The quantitative estimate of drug-likeness (QED) is 0.392. The highest BCUT2D eigenvalue weighted by Gasteiger charge is 2.38. The van der Waals surface area contributed by atoms with Gasteiger partial charge in [0.25, 0.3) is 5.91 Å². The SMILES string of the molecule is Cc1cccc2[nH]c(COCC(=O)N3C[C@@H]4NC(=O)c5ncccc5OCCn5cc(nn5)CO[C@H]4C3)nc12. The number of nitrogens with one attached hydrogen (secondary N) is 2. The molecule has 2 atom stereocenters. The van der Waals surface area contributed by atoms with E-state index in [1.165, 1.54) is 6.20 Å². The van der Waals surface area contributed by atoms with Crippen LogP contribution < -0.4 is 10.1 Å². The van der Waals surface area contributed by atoms with Gasteiger partial charge in [0.05, 0.1) is 42.5 Å². The molecule has 0 aliphatic carbocycles. The molecule has 3 aromatic heterocycles. The molecule has 6 rings (SSSR count). The van der Waals surface area contributed by atoms with Crippen molar-refractivity contribution in [3.05, 3.63) is 65.5 Å². The Morgan fingerprint density at radius 3 is 3.05 bits per heavy atom. The van der Waals surface area contributed by atoms with E-state index in [0.717, 1.165) is 16.6 Å². The Morgan fingerprint density at radius 2 is 2.15 bits per heavy atom. The molecule has 13 nitrogen and oxygen atoms in total. The van der Waals surface area contributed by atoms with Gasteiger partial charge in [0.2, 0.25) is 5.91 Å². The van der Waals surface area contributed by atoms with Crippen LogP contribution in [0.15, 0.2) is 42.7 Å². The molecule has 202 valence electrons. The maximum atomic E-state index is 13.2. The minimum absolute atomic E-state index is 0.129. The largest absolute Gasteiger partial charge is 0.489 e. The lowest BCUT2D eigenvalue weighted by Crippen LogP contribution is -2.44. The third-order valence-electron chi connectivity index (χ3n) is 6.76. The molecule has 1 aromatic carbocycles. The van der Waals surface area contributed by atoms with Crippen LogP contribution in [0.1, 0.15) is 27.6 Å². The van der Waals surface area contributed by atoms with Gasteiger partial charge in [-0.3, -0.25) is 9.59 Å². The first-order chi connectivity index (χ1) is 19.0. The van der Waals surface area contributed by atoms with Gasteiger partial charge < -0.3 is 29.4 Å². The van der Waals surface area contributed by atoms with Crippen molar-refractivity contribution in [3.63, 3.8) is 0 Å². The van der Waals surface area contributed by atoms with E-state index in [2.05, 4.69) is 30.6 Å². The van der Waals surface area contributed by atoms with Crippen LogP contribution >= 0.6 is 0 Å². The summed E-state index contributed by atoms with van der Waals surface area (Å²) in [6, 6.07) is 8.84. The zero-order valence-corrected chi connectivity index (χ0v) is 21.4. The number of aromatic amines is 1. The second-order valence-corrected chi connectivity index (χ2v) is 9.55. The smallest absolute Gasteiger partial charge is 0.274 e. The lowest BCUT2D eigenvalue weighted by molar-refractivity contribution is -0.136. The number of benzene rings is 1. The minimum atomic E-state index is -0.465. The van der Waals surface area contributed by atoms with Crippen molar-refractivity contribution in [3.8, 4) is 5.75 Å². The molecule has 2 amide bonds. The number of pyridine rings is 1. The van der Waals surface area contributed by atoms with Crippen LogP contribution in [0.2, 0.25) is 0 Å². The van der Waals surface area contributed by atoms with Gasteiger partial charge in [0.15, 0.2) is 11.4 Å². The first-order valence-corrected chi connectivity index (χ1v) is 12.7. The summed E-state index contributed by atoms with van der Waals surface area (Å²) in [5.41, 5.74) is 3.69. The van der Waals surface area contributed by atoms with Gasteiger partial charge in [-0.25, -0.2) is 14.6 Å². The van der Waals surface area contributed by atoms with E-state index in [1.807, 2.05) is 25.1 Å². The number of rotatable bonds is 4. The Labute approximate surface area is 223 Å². The molecule has 0 radical (unpaired) electrons. The van der Waals surface area contributed by atoms with Gasteiger partial charge in [-0.05, 0) is 30.7 Å². The molecule has 2 N–H and O–H groups in total. The number of nitrogens with zero attached hydrogens (tertiary/aromatic N) is 6. The molecular weight excluding hydrogens is 504 g/mol. The number of carbonyl (C=O) groups excluding carboxylic acids is 2. The van der Waals surface area contributed by atoms with Crippen LogP contribution in [0.4, 0.5) is 0 Å². The summed E-state index contributed by atoms with van der Waals surface area (Å²) in [6.45, 7) is 3.52. The first kappa shape index (κ1) is 24.9. The van der Waals surface area contributed by atoms with Crippen LogP contribution in [0.3, 0.4) is 0 Å². The summed E-state index contributed by atoms with van der Waals surface area (Å²) in [5.74, 6) is 0.408. The fourth-order valence-electron chi connectivity index (χ4n) is 4.78. The average Bonchev–Trinajstić information content (AvgIpc) is 3.66. The van der Waals surface area contributed by atoms with Crippen molar-refractivity contribution >= 4 is 22.8 Å². The van der Waals surface area contributed by atoms with Gasteiger partial charge in [0.1, 0.15) is 31.3 Å². The Hall–Kier alpha value is -4.36. The third kappa shape index (κ3) is 5.45. The topological polar surface area (TPSA) is 149 Å². The predicted molar refractivity (Wildman–Crippen MR) is 137 cm³/mol. The van der Waals surface area contributed by atoms with E-state index < -0.39 is 18.1 Å². The van der Waals surface area contributed by atoms with Gasteiger partial charge in [-0.1, -0.05) is 17.3 Å².